The molecule has 2 fully saturated rings. The van der Waals surface area contributed by atoms with E-state index in [1.54, 1.807) is 0 Å². The zero-order valence-electron chi connectivity index (χ0n) is 15.0. The molecule has 1 saturated heterocycles. The van der Waals surface area contributed by atoms with Gasteiger partial charge in [-0.05, 0) is 42.7 Å². The van der Waals surface area contributed by atoms with Crippen LogP contribution in [0.15, 0.2) is 42.6 Å². The Morgan fingerprint density at radius 3 is 2.52 bits per heavy atom. The molecule has 0 atom stereocenters. The number of benzene rings is 1. The summed E-state index contributed by atoms with van der Waals surface area (Å²) in [5.74, 6) is 0.650. The van der Waals surface area contributed by atoms with E-state index in [-0.39, 0.29) is 0 Å². The molecule has 138 valence electrons. The standard InChI is InChI=1S/C21H21ClN4O/c22-16-5-3-14(4-6-16)18-13-17-19(7-8-23-20(17)24-18)25-9-11-26(12-10-25)21(27)15-1-2-15/h3-8,13,15H,1-2,9-12H2,(H,23,24). The monoisotopic (exact) mass is 380 g/mol. The Labute approximate surface area is 162 Å². The van der Waals surface area contributed by atoms with Gasteiger partial charge >= 0.3 is 0 Å². The Kier molecular flexibility index (Phi) is 4.05. The van der Waals surface area contributed by atoms with Crippen LogP contribution in [0.5, 0.6) is 0 Å². The number of aromatic nitrogens is 2. The van der Waals surface area contributed by atoms with Crippen molar-refractivity contribution < 1.29 is 4.79 Å². The Morgan fingerprint density at radius 2 is 1.81 bits per heavy atom. The molecule has 27 heavy (non-hydrogen) atoms. The summed E-state index contributed by atoms with van der Waals surface area (Å²) in [6.45, 7) is 3.32. The van der Waals surface area contributed by atoms with Crippen LogP contribution >= 0.6 is 11.6 Å². The number of hydrogen-bond acceptors (Lipinski definition) is 3. The van der Waals surface area contributed by atoms with Gasteiger partial charge in [0.15, 0.2) is 0 Å². The van der Waals surface area contributed by atoms with Crippen molar-refractivity contribution >= 4 is 34.2 Å². The number of fused-ring (bicyclic) bond motifs is 1. The number of hydrogen-bond donors (Lipinski definition) is 1. The largest absolute Gasteiger partial charge is 0.367 e. The lowest BCUT2D eigenvalue weighted by atomic mass is 10.1. The first-order valence-electron chi connectivity index (χ1n) is 9.46. The van der Waals surface area contributed by atoms with E-state index < -0.39 is 0 Å². The Hall–Kier alpha value is -2.53. The van der Waals surface area contributed by atoms with E-state index in [4.69, 9.17) is 11.6 Å². The number of nitrogens with one attached hydrogen (secondary N) is 1. The predicted molar refractivity (Wildman–Crippen MR) is 108 cm³/mol. The van der Waals surface area contributed by atoms with Gasteiger partial charge in [-0.15, -0.1) is 0 Å². The fourth-order valence-corrected chi connectivity index (χ4v) is 3.96. The van der Waals surface area contributed by atoms with Crippen molar-refractivity contribution in [2.75, 3.05) is 31.1 Å². The highest BCUT2D eigenvalue weighted by Gasteiger charge is 2.34. The lowest BCUT2D eigenvalue weighted by molar-refractivity contribution is -0.132. The number of nitrogens with zero attached hydrogens (tertiary/aromatic N) is 3. The molecular weight excluding hydrogens is 360 g/mol. The van der Waals surface area contributed by atoms with Crippen LogP contribution in [0.2, 0.25) is 5.02 Å². The summed E-state index contributed by atoms with van der Waals surface area (Å²) >= 11 is 6.00. The second-order valence-electron chi connectivity index (χ2n) is 7.37. The minimum Gasteiger partial charge on any atom is -0.367 e. The molecule has 0 spiro atoms. The third-order valence-electron chi connectivity index (χ3n) is 5.52. The normalized spacial score (nSPS) is 17.5. The van der Waals surface area contributed by atoms with Crippen LogP contribution in [0.4, 0.5) is 5.69 Å². The molecule has 3 heterocycles. The van der Waals surface area contributed by atoms with Gasteiger partial charge in [0, 0.05) is 60.1 Å². The summed E-state index contributed by atoms with van der Waals surface area (Å²) in [6, 6.07) is 12.0. The van der Waals surface area contributed by atoms with Gasteiger partial charge in [-0.2, -0.15) is 0 Å². The van der Waals surface area contributed by atoms with E-state index in [1.165, 1.54) is 5.69 Å². The summed E-state index contributed by atoms with van der Waals surface area (Å²) < 4.78 is 0. The van der Waals surface area contributed by atoms with E-state index in [0.717, 1.165) is 66.3 Å². The molecule has 6 heteroatoms. The van der Waals surface area contributed by atoms with E-state index in [0.29, 0.717) is 11.8 Å². The summed E-state index contributed by atoms with van der Waals surface area (Å²) in [5, 5.41) is 1.84. The van der Waals surface area contributed by atoms with Crippen molar-refractivity contribution in [2.24, 2.45) is 5.92 Å². The maximum atomic E-state index is 12.3. The molecule has 2 aromatic heterocycles. The minimum atomic E-state index is 0.302. The highest BCUT2D eigenvalue weighted by atomic mass is 35.5. The Morgan fingerprint density at radius 1 is 1.07 bits per heavy atom. The summed E-state index contributed by atoms with van der Waals surface area (Å²) in [4.78, 5) is 24.6. The minimum absolute atomic E-state index is 0.302. The number of piperazine rings is 1. The van der Waals surface area contributed by atoms with Gasteiger partial charge in [0.05, 0.1) is 0 Å². The molecular formula is C21H21ClN4O. The molecule has 2 aliphatic rings. The van der Waals surface area contributed by atoms with Gasteiger partial charge < -0.3 is 14.8 Å². The van der Waals surface area contributed by atoms with Crippen LogP contribution in [-0.2, 0) is 4.79 Å². The van der Waals surface area contributed by atoms with Crippen molar-refractivity contribution in [3.63, 3.8) is 0 Å². The summed E-state index contributed by atoms with van der Waals surface area (Å²) in [5.41, 5.74) is 4.18. The molecule has 0 radical (unpaired) electrons. The number of carbonyl (C=O) groups excluding carboxylic acids is 1. The number of aromatic amines is 1. The van der Waals surface area contributed by atoms with Gasteiger partial charge in [-0.1, -0.05) is 23.7 Å². The second-order valence-corrected chi connectivity index (χ2v) is 7.81. The molecule has 0 unspecified atom stereocenters. The number of pyridine rings is 1. The lowest BCUT2D eigenvalue weighted by Crippen LogP contribution is -2.49. The Balaban J connectivity index is 1.40. The SMILES string of the molecule is O=C(C1CC1)N1CCN(c2ccnc3[nH]c(-c4ccc(Cl)cc4)cc23)CC1. The molecule has 1 aliphatic carbocycles. The average molecular weight is 381 g/mol. The number of halogens is 1. The quantitative estimate of drug-likeness (QED) is 0.748. The Bertz CT molecular complexity index is 985. The molecule has 1 N–H and O–H groups in total. The molecule has 1 amide bonds. The number of amides is 1. The van der Waals surface area contributed by atoms with Crippen LogP contribution in [0.3, 0.4) is 0 Å². The first kappa shape index (κ1) is 16.6. The van der Waals surface area contributed by atoms with Gasteiger partial charge in [-0.3, -0.25) is 4.79 Å². The smallest absolute Gasteiger partial charge is 0.225 e. The molecule has 1 aliphatic heterocycles. The van der Waals surface area contributed by atoms with Crippen molar-refractivity contribution in [1.29, 1.82) is 0 Å². The molecule has 0 bridgehead atoms. The first-order chi connectivity index (χ1) is 13.2. The van der Waals surface area contributed by atoms with E-state index in [1.807, 2.05) is 35.4 Å². The number of carbonyl (C=O) groups is 1. The number of rotatable bonds is 3. The third-order valence-corrected chi connectivity index (χ3v) is 5.77. The molecule has 5 rings (SSSR count). The second kappa shape index (κ2) is 6.57. The highest BCUT2D eigenvalue weighted by Crippen LogP contribution is 2.33. The first-order valence-corrected chi connectivity index (χ1v) is 9.84. The molecule has 3 aromatic rings. The van der Waals surface area contributed by atoms with Crippen LogP contribution in [0.25, 0.3) is 22.3 Å². The fourth-order valence-electron chi connectivity index (χ4n) is 3.83. The summed E-state index contributed by atoms with van der Waals surface area (Å²) in [6.07, 6.45) is 3.99. The lowest BCUT2D eigenvalue weighted by Gasteiger charge is -2.36. The maximum absolute atomic E-state index is 12.3. The maximum Gasteiger partial charge on any atom is 0.225 e. The van der Waals surface area contributed by atoms with Crippen LogP contribution in [-0.4, -0.2) is 47.0 Å². The number of anilines is 1. The molecule has 1 saturated carbocycles. The zero-order chi connectivity index (χ0) is 18.4. The molecule has 1 aromatic carbocycles. The van der Waals surface area contributed by atoms with Crippen molar-refractivity contribution in [3.8, 4) is 11.3 Å². The fraction of sp³-hybridized carbons (Fsp3) is 0.333. The van der Waals surface area contributed by atoms with Crippen LogP contribution in [0.1, 0.15) is 12.8 Å². The van der Waals surface area contributed by atoms with Gasteiger partial charge in [-0.25, -0.2) is 4.98 Å². The van der Waals surface area contributed by atoms with Crippen molar-refractivity contribution in [2.45, 2.75) is 12.8 Å². The average Bonchev–Trinajstić information content (AvgIpc) is 3.46. The van der Waals surface area contributed by atoms with Crippen molar-refractivity contribution in [3.05, 3.63) is 47.6 Å². The van der Waals surface area contributed by atoms with Gasteiger partial charge in [0.1, 0.15) is 5.65 Å². The zero-order valence-corrected chi connectivity index (χ0v) is 15.7. The van der Waals surface area contributed by atoms with Crippen LogP contribution < -0.4 is 4.90 Å². The topological polar surface area (TPSA) is 52.2 Å². The van der Waals surface area contributed by atoms with Gasteiger partial charge in [0.25, 0.3) is 0 Å². The van der Waals surface area contributed by atoms with Gasteiger partial charge in [0.2, 0.25) is 5.91 Å². The van der Waals surface area contributed by atoms with E-state index in [9.17, 15) is 4.79 Å². The van der Waals surface area contributed by atoms with E-state index in [2.05, 4.69) is 27.0 Å². The number of H-pyrrole nitrogens is 1. The van der Waals surface area contributed by atoms with Crippen molar-refractivity contribution in [1.82, 2.24) is 14.9 Å². The third kappa shape index (κ3) is 3.16. The summed E-state index contributed by atoms with van der Waals surface area (Å²) in [7, 11) is 0. The van der Waals surface area contributed by atoms with E-state index >= 15 is 0 Å². The highest BCUT2D eigenvalue weighted by molar-refractivity contribution is 6.30. The van der Waals surface area contributed by atoms with Crippen LogP contribution in [0, 0.1) is 5.92 Å². The molecule has 5 nitrogen and oxygen atoms in total. The predicted octanol–water partition coefficient (Wildman–Crippen LogP) is 3.94.